The maximum Gasteiger partial charge on any atom is 0.269 e. The van der Waals surface area contributed by atoms with E-state index < -0.39 is 10.8 Å². The first-order chi connectivity index (χ1) is 13.5. The van der Waals surface area contributed by atoms with Crippen LogP contribution >= 0.6 is 0 Å². The molecule has 1 aliphatic heterocycles. The number of hydrogen-bond acceptors (Lipinski definition) is 5. The zero-order chi connectivity index (χ0) is 19.7. The molecule has 3 aromatic rings. The summed E-state index contributed by atoms with van der Waals surface area (Å²) in [4.78, 5) is 36.5. The Kier molecular flexibility index (Phi) is 4.29. The molecule has 1 aliphatic rings. The molecular weight excluding hydrogens is 360 g/mol. The van der Waals surface area contributed by atoms with Crippen LogP contribution in [0.3, 0.4) is 0 Å². The van der Waals surface area contributed by atoms with Gasteiger partial charge < -0.3 is 0 Å². The predicted molar refractivity (Wildman–Crippen MR) is 104 cm³/mol. The number of carbonyl (C=O) groups is 2. The second-order valence-electron chi connectivity index (χ2n) is 6.21. The molecule has 0 saturated carbocycles. The van der Waals surface area contributed by atoms with Crippen molar-refractivity contribution in [1.29, 1.82) is 0 Å². The number of rotatable bonds is 5. The Morgan fingerprint density at radius 3 is 2.54 bits per heavy atom. The van der Waals surface area contributed by atoms with Crippen molar-refractivity contribution >= 4 is 40.2 Å². The number of carbonyl (C=O) groups excluding carboxylic acids is 2. The molecule has 0 aliphatic carbocycles. The number of hydrogen-bond donors (Lipinski definition) is 1. The molecule has 138 valence electrons. The molecule has 0 bridgehead atoms. The van der Waals surface area contributed by atoms with Gasteiger partial charge >= 0.3 is 0 Å². The minimum atomic E-state index is -0.492. The molecule has 0 fully saturated rings. The van der Waals surface area contributed by atoms with E-state index in [9.17, 15) is 19.7 Å². The van der Waals surface area contributed by atoms with Gasteiger partial charge in [0.2, 0.25) is 0 Å². The lowest BCUT2D eigenvalue weighted by Crippen LogP contribution is -2.37. The molecule has 0 aromatic heterocycles. The quantitative estimate of drug-likeness (QED) is 0.421. The van der Waals surface area contributed by atoms with Gasteiger partial charge in [0.05, 0.1) is 16.8 Å². The summed E-state index contributed by atoms with van der Waals surface area (Å²) in [6.45, 7) is -0.162. The molecule has 0 spiro atoms. The lowest BCUT2D eigenvalue weighted by molar-refractivity contribution is -0.384. The number of amides is 2. The zero-order valence-corrected chi connectivity index (χ0v) is 14.5. The SMILES string of the molecule is O=C(CN1C(=O)c2cccc3cccc1c23)N/N=C/c1ccc([N+](=O)[O-])cc1. The normalized spacial score (nSPS) is 12.7. The number of nitro benzene ring substituents is 1. The van der Waals surface area contributed by atoms with Crippen molar-refractivity contribution in [2.75, 3.05) is 11.4 Å². The highest BCUT2D eigenvalue weighted by molar-refractivity contribution is 6.26. The number of nitro groups is 1. The Morgan fingerprint density at radius 1 is 1.11 bits per heavy atom. The molecule has 8 heteroatoms. The van der Waals surface area contributed by atoms with Crippen LogP contribution in [0.2, 0.25) is 0 Å². The summed E-state index contributed by atoms with van der Waals surface area (Å²) < 4.78 is 0. The van der Waals surface area contributed by atoms with E-state index in [0.717, 1.165) is 10.8 Å². The van der Waals surface area contributed by atoms with Crippen molar-refractivity contribution in [3.8, 4) is 0 Å². The van der Waals surface area contributed by atoms with Crippen molar-refractivity contribution in [2.24, 2.45) is 5.10 Å². The summed E-state index contributed by atoms with van der Waals surface area (Å²) in [6, 6.07) is 16.8. The fraction of sp³-hybridized carbons (Fsp3) is 0.0500. The molecule has 1 heterocycles. The monoisotopic (exact) mass is 374 g/mol. The highest BCUT2D eigenvalue weighted by atomic mass is 16.6. The maximum atomic E-state index is 12.6. The van der Waals surface area contributed by atoms with Gasteiger partial charge in [0.1, 0.15) is 6.54 Å². The van der Waals surface area contributed by atoms with Crippen molar-refractivity contribution < 1.29 is 14.5 Å². The van der Waals surface area contributed by atoms with E-state index in [2.05, 4.69) is 10.5 Å². The zero-order valence-electron chi connectivity index (χ0n) is 14.5. The minimum absolute atomic E-state index is 0.0255. The van der Waals surface area contributed by atoms with Gasteiger partial charge in [-0.15, -0.1) is 0 Å². The second-order valence-corrected chi connectivity index (χ2v) is 6.21. The summed E-state index contributed by atoms with van der Waals surface area (Å²) in [5, 5.41) is 16.3. The van der Waals surface area contributed by atoms with Gasteiger partial charge in [-0.2, -0.15) is 5.10 Å². The van der Waals surface area contributed by atoms with Crippen LogP contribution in [0.15, 0.2) is 65.8 Å². The summed E-state index contributed by atoms with van der Waals surface area (Å²) in [5.74, 6) is -0.669. The second kappa shape index (κ2) is 6.92. The van der Waals surface area contributed by atoms with Crippen molar-refractivity contribution in [3.63, 3.8) is 0 Å². The molecule has 0 radical (unpaired) electrons. The fourth-order valence-electron chi connectivity index (χ4n) is 3.18. The van der Waals surface area contributed by atoms with Crippen LogP contribution in [-0.2, 0) is 4.79 Å². The molecular formula is C20H14N4O4. The predicted octanol–water partition coefficient (Wildman–Crippen LogP) is 2.86. The van der Waals surface area contributed by atoms with Crippen LogP contribution in [0.5, 0.6) is 0 Å². The molecule has 0 atom stereocenters. The van der Waals surface area contributed by atoms with E-state index in [1.807, 2.05) is 30.3 Å². The highest BCUT2D eigenvalue weighted by Crippen LogP contribution is 2.36. The number of nitrogens with one attached hydrogen (secondary N) is 1. The van der Waals surface area contributed by atoms with Crippen LogP contribution < -0.4 is 10.3 Å². The Morgan fingerprint density at radius 2 is 1.82 bits per heavy atom. The molecule has 4 rings (SSSR count). The molecule has 0 unspecified atom stereocenters. The van der Waals surface area contributed by atoms with Gasteiger partial charge in [-0.05, 0) is 35.2 Å². The maximum absolute atomic E-state index is 12.6. The fourth-order valence-corrected chi connectivity index (χ4v) is 3.18. The first kappa shape index (κ1) is 17.3. The Labute approximate surface area is 159 Å². The average Bonchev–Trinajstić information content (AvgIpc) is 2.96. The van der Waals surface area contributed by atoms with Gasteiger partial charge in [0.15, 0.2) is 0 Å². The molecule has 0 saturated heterocycles. The van der Waals surface area contributed by atoms with E-state index in [1.165, 1.54) is 35.4 Å². The Bertz CT molecular complexity index is 1130. The average molecular weight is 374 g/mol. The minimum Gasteiger partial charge on any atom is -0.298 e. The number of anilines is 1. The van der Waals surface area contributed by atoms with Crippen molar-refractivity contribution in [1.82, 2.24) is 5.43 Å². The van der Waals surface area contributed by atoms with E-state index in [4.69, 9.17) is 0 Å². The van der Waals surface area contributed by atoms with Crippen LogP contribution in [0.25, 0.3) is 10.8 Å². The van der Waals surface area contributed by atoms with Gasteiger partial charge in [0, 0.05) is 23.1 Å². The van der Waals surface area contributed by atoms with E-state index in [0.29, 0.717) is 16.8 Å². The molecule has 3 aromatic carbocycles. The first-order valence-corrected chi connectivity index (χ1v) is 8.44. The Hall–Kier alpha value is -4.07. The van der Waals surface area contributed by atoms with Crippen molar-refractivity contribution in [3.05, 3.63) is 81.9 Å². The van der Waals surface area contributed by atoms with Gasteiger partial charge in [0.25, 0.3) is 17.5 Å². The first-order valence-electron chi connectivity index (χ1n) is 8.44. The number of non-ortho nitro benzene ring substituents is 1. The Balaban J connectivity index is 1.44. The third kappa shape index (κ3) is 3.07. The summed E-state index contributed by atoms with van der Waals surface area (Å²) in [7, 11) is 0. The molecule has 8 nitrogen and oxygen atoms in total. The van der Waals surface area contributed by atoms with E-state index >= 15 is 0 Å². The molecule has 28 heavy (non-hydrogen) atoms. The van der Waals surface area contributed by atoms with Gasteiger partial charge in [-0.3, -0.25) is 24.6 Å². The van der Waals surface area contributed by atoms with E-state index in [1.54, 1.807) is 6.07 Å². The number of hydrazone groups is 1. The lowest BCUT2D eigenvalue weighted by Gasteiger charge is -2.16. The number of benzene rings is 3. The molecule has 2 amide bonds. The third-order valence-corrected chi connectivity index (χ3v) is 4.46. The highest BCUT2D eigenvalue weighted by Gasteiger charge is 2.30. The largest absolute Gasteiger partial charge is 0.298 e. The van der Waals surface area contributed by atoms with Crippen LogP contribution in [0, 0.1) is 10.1 Å². The van der Waals surface area contributed by atoms with E-state index in [-0.39, 0.29) is 18.1 Å². The van der Waals surface area contributed by atoms with Crippen LogP contribution in [-0.4, -0.2) is 29.5 Å². The smallest absolute Gasteiger partial charge is 0.269 e. The lowest BCUT2D eigenvalue weighted by atomic mass is 10.1. The van der Waals surface area contributed by atoms with Gasteiger partial charge in [-0.25, -0.2) is 5.43 Å². The summed E-state index contributed by atoms with van der Waals surface area (Å²) in [5.41, 5.74) is 4.23. The van der Waals surface area contributed by atoms with Gasteiger partial charge in [-0.1, -0.05) is 24.3 Å². The third-order valence-electron chi connectivity index (χ3n) is 4.46. The van der Waals surface area contributed by atoms with Crippen molar-refractivity contribution in [2.45, 2.75) is 0 Å². The topological polar surface area (TPSA) is 105 Å². The van der Waals surface area contributed by atoms with Crippen LogP contribution in [0.1, 0.15) is 15.9 Å². The summed E-state index contributed by atoms with van der Waals surface area (Å²) in [6.07, 6.45) is 1.38. The van der Waals surface area contributed by atoms with Crippen LogP contribution in [0.4, 0.5) is 11.4 Å². The molecule has 1 N–H and O–H groups in total. The number of nitrogens with zero attached hydrogens (tertiary/aromatic N) is 3. The summed E-state index contributed by atoms with van der Waals surface area (Å²) >= 11 is 0. The standard InChI is InChI=1S/C20H14N4O4/c25-18(22-21-11-13-7-9-15(10-8-13)24(27)28)12-23-17-6-2-4-14-3-1-5-16(19(14)17)20(23)26/h1-11H,12H2,(H,22,25)/b21-11+.